The van der Waals surface area contributed by atoms with Crippen molar-refractivity contribution >= 4 is 16.7 Å². The van der Waals surface area contributed by atoms with Crippen molar-refractivity contribution in [2.75, 3.05) is 5.73 Å². The molecule has 0 saturated heterocycles. The zero-order valence-electron chi connectivity index (χ0n) is 9.76. The summed E-state index contributed by atoms with van der Waals surface area (Å²) >= 11 is 0. The molecule has 0 amide bonds. The number of aryl methyl sites for hydroxylation is 1. The SMILES string of the molecule is Cn1c(-c2cncc(F)c2)nc2cc(N)ccc21. The molecule has 2 N–H and O–H groups in total. The second-order valence-corrected chi connectivity index (χ2v) is 4.13. The Morgan fingerprint density at radius 3 is 2.83 bits per heavy atom. The summed E-state index contributed by atoms with van der Waals surface area (Å²) in [6, 6.07) is 6.93. The van der Waals surface area contributed by atoms with Gasteiger partial charge < -0.3 is 10.3 Å². The largest absolute Gasteiger partial charge is 0.399 e. The summed E-state index contributed by atoms with van der Waals surface area (Å²) in [7, 11) is 1.88. The second kappa shape index (κ2) is 3.80. The van der Waals surface area contributed by atoms with Crippen LogP contribution in [0.25, 0.3) is 22.4 Å². The van der Waals surface area contributed by atoms with Crippen LogP contribution in [-0.2, 0) is 7.05 Å². The number of hydrogen-bond acceptors (Lipinski definition) is 3. The van der Waals surface area contributed by atoms with E-state index in [1.54, 1.807) is 12.3 Å². The molecule has 5 heteroatoms. The van der Waals surface area contributed by atoms with E-state index in [0.717, 1.165) is 11.0 Å². The highest BCUT2D eigenvalue weighted by Crippen LogP contribution is 2.24. The Balaban J connectivity index is 2.27. The normalized spacial score (nSPS) is 11.0. The van der Waals surface area contributed by atoms with Gasteiger partial charge in [0, 0.05) is 24.5 Å². The number of anilines is 1. The number of nitrogens with zero attached hydrogens (tertiary/aromatic N) is 3. The molecule has 3 rings (SSSR count). The van der Waals surface area contributed by atoms with Crippen molar-refractivity contribution in [3.8, 4) is 11.4 Å². The van der Waals surface area contributed by atoms with Crippen molar-refractivity contribution in [2.24, 2.45) is 7.05 Å². The van der Waals surface area contributed by atoms with Crippen molar-refractivity contribution in [1.29, 1.82) is 0 Å². The molecule has 0 spiro atoms. The van der Waals surface area contributed by atoms with E-state index in [1.165, 1.54) is 12.3 Å². The molecule has 0 fully saturated rings. The van der Waals surface area contributed by atoms with Crippen molar-refractivity contribution in [3.05, 3.63) is 42.5 Å². The van der Waals surface area contributed by atoms with E-state index in [0.29, 0.717) is 17.1 Å². The number of imidazole rings is 1. The fourth-order valence-electron chi connectivity index (χ4n) is 2.01. The van der Waals surface area contributed by atoms with Gasteiger partial charge in [0.1, 0.15) is 11.6 Å². The molecule has 0 aliphatic carbocycles. The molecule has 0 aliphatic rings. The van der Waals surface area contributed by atoms with Gasteiger partial charge in [-0.15, -0.1) is 0 Å². The molecule has 2 heterocycles. The fraction of sp³-hybridized carbons (Fsp3) is 0.0769. The third-order valence-electron chi connectivity index (χ3n) is 2.87. The minimum Gasteiger partial charge on any atom is -0.399 e. The molecule has 0 saturated carbocycles. The van der Waals surface area contributed by atoms with E-state index < -0.39 is 0 Å². The van der Waals surface area contributed by atoms with E-state index in [1.807, 2.05) is 23.7 Å². The first-order valence-corrected chi connectivity index (χ1v) is 5.48. The summed E-state index contributed by atoms with van der Waals surface area (Å²) in [5.41, 5.74) is 8.76. The monoisotopic (exact) mass is 242 g/mol. The van der Waals surface area contributed by atoms with E-state index in [-0.39, 0.29) is 5.82 Å². The van der Waals surface area contributed by atoms with E-state index >= 15 is 0 Å². The van der Waals surface area contributed by atoms with Crippen LogP contribution < -0.4 is 5.73 Å². The summed E-state index contributed by atoms with van der Waals surface area (Å²) in [5.74, 6) is 0.293. The third kappa shape index (κ3) is 1.60. The number of benzene rings is 1. The lowest BCUT2D eigenvalue weighted by Gasteiger charge is -2.01. The maximum atomic E-state index is 13.2. The summed E-state index contributed by atoms with van der Waals surface area (Å²) in [6.07, 6.45) is 2.76. The number of nitrogen functional groups attached to an aromatic ring is 1. The molecule has 0 unspecified atom stereocenters. The van der Waals surface area contributed by atoms with Crippen molar-refractivity contribution in [3.63, 3.8) is 0 Å². The number of nitrogens with two attached hydrogens (primary N) is 1. The Bertz CT molecular complexity index is 733. The molecule has 18 heavy (non-hydrogen) atoms. The van der Waals surface area contributed by atoms with E-state index in [9.17, 15) is 4.39 Å². The lowest BCUT2D eigenvalue weighted by Crippen LogP contribution is -1.93. The van der Waals surface area contributed by atoms with Crippen molar-refractivity contribution in [2.45, 2.75) is 0 Å². The summed E-state index contributed by atoms with van der Waals surface area (Å²) in [5, 5.41) is 0. The van der Waals surface area contributed by atoms with Crippen LogP contribution in [0, 0.1) is 5.82 Å². The van der Waals surface area contributed by atoms with Gasteiger partial charge in [-0.2, -0.15) is 0 Å². The van der Waals surface area contributed by atoms with Gasteiger partial charge in [0.2, 0.25) is 0 Å². The Morgan fingerprint density at radius 1 is 1.22 bits per heavy atom. The van der Waals surface area contributed by atoms with Gasteiger partial charge in [-0.1, -0.05) is 0 Å². The predicted molar refractivity (Wildman–Crippen MR) is 68.3 cm³/mol. The van der Waals surface area contributed by atoms with Crippen LogP contribution >= 0.6 is 0 Å². The minimum atomic E-state index is -0.376. The first-order chi connectivity index (χ1) is 8.65. The second-order valence-electron chi connectivity index (χ2n) is 4.13. The van der Waals surface area contributed by atoms with E-state index in [2.05, 4.69) is 9.97 Å². The summed E-state index contributed by atoms with van der Waals surface area (Å²) < 4.78 is 15.1. The van der Waals surface area contributed by atoms with Crippen molar-refractivity contribution in [1.82, 2.24) is 14.5 Å². The van der Waals surface area contributed by atoms with Gasteiger partial charge in [0.25, 0.3) is 0 Å². The zero-order chi connectivity index (χ0) is 12.7. The number of pyridine rings is 1. The molecule has 0 radical (unpaired) electrons. The van der Waals surface area contributed by atoms with Gasteiger partial charge in [-0.05, 0) is 24.3 Å². The lowest BCUT2D eigenvalue weighted by atomic mass is 10.2. The van der Waals surface area contributed by atoms with Crippen molar-refractivity contribution < 1.29 is 4.39 Å². The van der Waals surface area contributed by atoms with Crippen LogP contribution in [0.1, 0.15) is 0 Å². The quantitative estimate of drug-likeness (QED) is 0.666. The molecule has 90 valence electrons. The molecular formula is C13H11FN4. The Morgan fingerprint density at radius 2 is 2.06 bits per heavy atom. The van der Waals surface area contributed by atoms with Crippen LogP contribution in [0.3, 0.4) is 0 Å². The highest BCUT2D eigenvalue weighted by atomic mass is 19.1. The highest BCUT2D eigenvalue weighted by Gasteiger charge is 2.10. The standard InChI is InChI=1S/C13H11FN4/c1-18-12-3-2-10(15)5-11(12)17-13(18)8-4-9(14)7-16-6-8/h2-7H,15H2,1H3. The molecule has 2 aromatic heterocycles. The average Bonchev–Trinajstić information content (AvgIpc) is 2.66. The van der Waals surface area contributed by atoms with Gasteiger partial charge in [0.05, 0.1) is 17.2 Å². The molecule has 0 aliphatic heterocycles. The molecular weight excluding hydrogens is 231 g/mol. The smallest absolute Gasteiger partial charge is 0.142 e. The number of rotatable bonds is 1. The molecule has 1 aromatic carbocycles. The number of fused-ring (bicyclic) bond motifs is 1. The summed E-state index contributed by atoms with van der Waals surface area (Å²) in [4.78, 5) is 8.30. The number of halogens is 1. The fourth-order valence-corrected chi connectivity index (χ4v) is 2.01. The van der Waals surface area contributed by atoms with Gasteiger partial charge in [-0.3, -0.25) is 4.98 Å². The Kier molecular flexibility index (Phi) is 2.26. The molecule has 3 aromatic rings. The van der Waals surface area contributed by atoms with Gasteiger partial charge in [-0.25, -0.2) is 9.37 Å². The lowest BCUT2D eigenvalue weighted by molar-refractivity contribution is 0.621. The maximum absolute atomic E-state index is 13.2. The van der Waals surface area contributed by atoms with Crippen LogP contribution in [0.4, 0.5) is 10.1 Å². The third-order valence-corrected chi connectivity index (χ3v) is 2.87. The zero-order valence-corrected chi connectivity index (χ0v) is 9.76. The molecule has 4 nitrogen and oxygen atoms in total. The first kappa shape index (κ1) is 10.7. The number of aromatic nitrogens is 3. The predicted octanol–water partition coefficient (Wildman–Crippen LogP) is 2.36. The van der Waals surface area contributed by atoms with Gasteiger partial charge in [0.15, 0.2) is 0 Å². The van der Waals surface area contributed by atoms with E-state index in [4.69, 9.17) is 5.73 Å². The maximum Gasteiger partial charge on any atom is 0.142 e. The first-order valence-electron chi connectivity index (χ1n) is 5.48. The highest BCUT2D eigenvalue weighted by molar-refractivity contribution is 5.83. The molecule has 0 bridgehead atoms. The van der Waals surface area contributed by atoms with Crippen LogP contribution in [0.15, 0.2) is 36.7 Å². The van der Waals surface area contributed by atoms with Gasteiger partial charge >= 0.3 is 0 Å². The van der Waals surface area contributed by atoms with Crippen LogP contribution in [0.2, 0.25) is 0 Å². The van der Waals surface area contributed by atoms with Crippen LogP contribution in [0.5, 0.6) is 0 Å². The Labute approximate surface area is 103 Å². The Hall–Kier alpha value is -2.43. The summed E-state index contributed by atoms with van der Waals surface area (Å²) in [6.45, 7) is 0. The number of hydrogen-bond donors (Lipinski definition) is 1. The molecule has 0 atom stereocenters. The average molecular weight is 242 g/mol. The minimum absolute atomic E-state index is 0.376. The topological polar surface area (TPSA) is 56.7 Å². The van der Waals surface area contributed by atoms with Crippen LogP contribution in [-0.4, -0.2) is 14.5 Å².